The molecule has 25 heavy (non-hydrogen) atoms. The molecule has 1 aliphatic carbocycles. The average Bonchev–Trinajstić information content (AvgIpc) is 2.57. The van der Waals surface area contributed by atoms with Crippen molar-refractivity contribution in [3.63, 3.8) is 0 Å². The minimum absolute atomic E-state index is 0.229. The number of carbonyl (C=O) groups is 1. The lowest BCUT2D eigenvalue weighted by atomic mass is 9.80. The monoisotopic (exact) mass is 360 g/mol. The fraction of sp³-hybridized carbons (Fsp3) is 0.947. The van der Waals surface area contributed by atoms with Crippen molar-refractivity contribution < 1.29 is 30.0 Å². The van der Waals surface area contributed by atoms with Gasteiger partial charge in [0, 0.05) is 12.8 Å². The van der Waals surface area contributed by atoms with E-state index in [-0.39, 0.29) is 19.4 Å². The smallest absolute Gasteiger partial charge is 0.338 e. The lowest BCUT2D eigenvalue weighted by molar-refractivity contribution is -0.192. The largest absolute Gasteiger partial charge is 0.464 e. The molecule has 4 N–H and O–H groups in total. The van der Waals surface area contributed by atoms with Gasteiger partial charge in [-0.05, 0) is 6.42 Å². The maximum Gasteiger partial charge on any atom is 0.338 e. The molecule has 0 unspecified atom stereocenters. The first-order valence-corrected chi connectivity index (χ1v) is 9.84. The normalized spacial score (nSPS) is 29.6. The molecule has 148 valence electrons. The standard InChI is InChI=1S/C19H36O6/c1-2-3-4-5-6-7-8-9-10-11-12-25-18(23)19(24)13-15(20)17(22)16(21)14-19/h15-17,20-22,24H,2-14H2,1H3/t15-,16-,17?,19?/m1/s1. The molecule has 0 bridgehead atoms. The number of aliphatic hydroxyl groups is 4. The topological polar surface area (TPSA) is 107 Å². The molecule has 0 spiro atoms. The first-order chi connectivity index (χ1) is 11.9. The van der Waals surface area contributed by atoms with E-state index < -0.39 is 29.9 Å². The molecular formula is C19H36O6. The van der Waals surface area contributed by atoms with Crippen molar-refractivity contribution in [2.75, 3.05) is 6.61 Å². The zero-order valence-corrected chi connectivity index (χ0v) is 15.5. The Labute approximate surface area is 151 Å². The summed E-state index contributed by atoms with van der Waals surface area (Å²) in [5.41, 5.74) is -1.92. The molecule has 0 saturated heterocycles. The Balaban J connectivity index is 2.07. The van der Waals surface area contributed by atoms with Gasteiger partial charge >= 0.3 is 5.97 Å². The van der Waals surface area contributed by atoms with Crippen LogP contribution in [-0.4, -0.2) is 56.9 Å². The lowest BCUT2D eigenvalue weighted by Crippen LogP contribution is -2.56. The minimum Gasteiger partial charge on any atom is -0.464 e. The van der Waals surface area contributed by atoms with Crippen molar-refractivity contribution in [1.82, 2.24) is 0 Å². The Kier molecular flexibility index (Phi) is 10.6. The van der Waals surface area contributed by atoms with Crippen LogP contribution in [0.4, 0.5) is 0 Å². The molecule has 0 radical (unpaired) electrons. The first-order valence-electron chi connectivity index (χ1n) is 9.84. The molecule has 0 aliphatic heterocycles. The molecule has 0 aromatic rings. The van der Waals surface area contributed by atoms with E-state index in [1.165, 1.54) is 44.9 Å². The summed E-state index contributed by atoms with van der Waals surface area (Å²) in [4.78, 5) is 12.0. The number of carbonyl (C=O) groups excluding carboxylic acids is 1. The number of hydrogen-bond donors (Lipinski definition) is 4. The summed E-state index contributed by atoms with van der Waals surface area (Å²) in [6.07, 6.45) is 7.16. The second-order valence-electron chi connectivity index (χ2n) is 7.38. The molecule has 0 amide bonds. The van der Waals surface area contributed by atoms with Crippen LogP contribution < -0.4 is 0 Å². The zero-order chi connectivity index (χ0) is 18.7. The van der Waals surface area contributed by atoms with E-state index in [1.807, 2.05) is 0 Å². The second kappa shape index (κ2) is 11.8. The summed E-state index contributed by atoms with van der Waals surface area (Å²) in [5, 5.41) is 39.0. The lowest BCUT2D eigenvalue weighted by Gasteiger charge is -2.38. The molecule has 0 aromatic carbocycles. The molecular weight excluding hydrogens is 324 g/mol. The van der Waals surface area contributed by atoms with Gasteiger partial charge in [-0.3, -0.25) is 0 Å². The minimum atomic E-state index is -1.92. The van der Waals surface area contributed by atoms with Gasteiger partial charge in [-0.1, -0.05) is 64.7 Å². The van der Waals surface area contributed by atoms with E-state index >= 15 is 0 Å². The van der Waals surface area contributed by atoms with E-state index in [9.17, 15) is 25.2 Å². The summed E-state index contributed by atoms with van der Waals surface area (Å²) in [7, 11) is 0. The molecule has 1 fully saturated rings. The third kappa shape index (κ3) is 8.03. The van der Waals surface area contributed by atoms with Crippen LogP contribution in [0.3, 0.4) is 0 Å². The van der Waals surface area contributed by atoms with E-state index in [4.69, 9.17) is 4.74 Å². The van der Waals surface area contributed by atoms with Gasteiger partial charge in [0.25, 0.3) is 0 Å². The first kappa shape index (κ1) is 22.4. The van der Waals surface area contributed by atoms with Gasteiger partial charge in [0.1, 0.15) is 6.10 Å². The molecule has 6 heteroatoms. The van der Waals surface area contributed by atoms with E-state index in [0.717, 1.165) is 19.3 Å². The fourth-order valence-corrected chi connectivity index (χ4v) is 3.33. The molecule has 1 aliphatic rings. The van der Waals surface area contributed by atoms with Crippen molar-refractivity contribution in [3.05, 3.63) is 0 Å². The maximum absolute atomic E-state index is 12.0. The molecule has 2 atom stereocenters. The van der Waals surface area contributed by atoms with Crippen LogP contribution in [0, 0.1) is 0 Å². The van der Waals surface area contributed by atoms with Crippen LogP contribution in [0.1, 0.15) is 84.0 Å². The van der Waals surface area contributed by atoms with Gasteiger partial charge in [0.15, 0.2) is 5.60 Å². The van der Waals surface area contributed by atoms with Gasteiger partial charge in [-0.2, -0.15) is 0 Å². The number of unbranched alkanes of at least 4 members (excludes halogenated alkanes) is 9. The summed E-state index contributed by atoms with van der Waals surface area (Å²) in [6, 6.07) is 0. The molecule has 6 nitrogen and oxygen atoms in total. The maximum atomic E-state index is 12.0. The SMILES string of the molecule is CCCCCCCCCCCCOC(=O)C1(O)C[C@@H](O)C(O)[C@H](O)C1. The van der Waals surface area contributed by atoms with E-state index in [1.54, 1.807) is 0 Å². The van der Waals surface area contributed by atoms with Gasteiger partial charge < -0.3 is 25.2 Å². The van der Waals surface area contributed by atoms with Crippen LogP contribution in [0.25, 0.3) is 0 Å². The predicted octanol–water partition coefficient (Wildman–Crippen LogP) is 2.06. The summed E-state index contributed by atoms with van der Waals surface area (Å²) in [5.74, 6) is -0.826. The van der Waals surface area contributed by atoms with E-state index in [0.29, 0.717) is 0 Å². The summed E-state index contributed by atoms with van der Waals surface area (Å²) >= 11 is 0. The van der Waals surface area contributed by atoms with Gasteiger partial charge in [-0.15, -0.1) is 0 Å². The van der Waals surface area contributed by atoms with E-state index in [2.05, 4.69) is 6.92 Å². The van der Waals surface area contributed by atoms with Gasteiger partial charge in [0.2, 0.25) is 0 Å². The van der Waals surface area contributed by atoms with Gasteiger partial charge in [0.05, 0.1) is 18.8 Å². The van der Waals surface area contributed by atoms with Crippen molar-refractivity contribution in [2.24, 2.45) is 0 Å². The molecule has 0 heterocycles. The number of ether oxygens (including phenoxy) is 1. The zero-order valence-electron chi connectivity index (χ0n) is 15.5. The van der Waals surface area contributed by atoms with Crippen LogP contribution in [-0.2, 0) is 9.53 Å². The highest BCUT2D eigenvalue weighted by Crippen LogP contribution is 2.30. The average molecular weight is 360 g/mol. The Morgan fingerprint density at radius 1 is 0.880 bits per heavy atom. The Bertz CT molecular complexity index is 361. The van der Waals surface area contributed by atoms with Crippen LogP contribution in [0.5, 0.6) is 0 Å². The molecule has 1 saturated carbocycles. The third-order valence-corrected chi connectivity index (χ3v) is 4.99. The van der Waals surface area contributed by atoms with Crippen LogP contribution in [0.2, 0.25) is 0 Å². The number of esters is 1. The summed E-state index contributed by atoms with van der Waals surface area (Å²) < 4.78 is 5.10. The highest BCUT2D eigenvalue weighted by Gasteiger charge is 2.49. The predicted molar refractivity (Wildman–Crippen MR) is 95.0 cm³/mol. The number of hydrogen-bond acceptors (Lipinski definition) is 6. The quantitative estimate of drug-likeness (QED) is 0.313. The molecule has 0 aromatic heterocycles. The van der Waals surface area contributed by atoms with Crippen molar-refractivity contribution in [3.8, 4) is 0 Å². The molecule has 1 rings (SSSR count). The number of aliphatic hydroxyl groups excluding tert-OH is 3. The Morgan fingerprint density at radius 2 is 1.32 bits per heavy atom. The summed E-state index contributed by atoms with van der Waals surface area (Å²) in [6.45, 7) is 2.44. The van der Waals surface area contributed by atoms with Gasteiger partial charge in [-0.25, -0.2) is 4.79 Å². The van der Waals surface area contributed by atoms with Crippen molar-refractivity contribution >= 4 is 5.97 Å². The van der Waals surface area contributed by atoms with Crippen molar-refractivity contribution in [1.29, 1.82) is 0 Å². The van der Waals surface area contributed by atoms with Crippen LogP contribution >= 0.6 is 0 Å². The Morgan fingerprint density at radius 3 is 1.80 bits per heavy atom. The fourth-order valence-electron chi connectivity index (χ4n) is 3.33. The number of rotatable bonds is 12. The van der Waals surface area contributed by atoms with Crippen molar-refractivity contribution in [2.45, 2.75) is 108 Å². The third-order valence-electron chi connectivity index (χ3n) is 4.99. The Hall–Kier alpha value is -0.690. The second-order valence-corrected chi connectivity index (χ2v) is 7.38. The van der Waals surface area contributed by atoms with Crippen LogP contribution in [0.15, 0.2) is 0 Å². The highest BCUT2D eigenvalue weighted by atomic mass is 16.5. The highest BCUT2D eigenvalue weighted by molar-refractivity contribution is 5.79.